The lowest BCUT2D eigenvalue weighted by atomic mass is 10.1. The van der Waals surface area contributed by atoms with Crippen molar-refractivity contribution in [3.8, 4) is 0 Å². The Labute approximate surface area is 66.9 Å². The Balaban J connectivity index is 2.78. The second kappa shape index (κ2) is 3.49. The molecule has 0 saturated carbocycles. The average Bonchev–Trinajstić information content (AvgIpc) is 1.93. The van der Waals surface area contributed by atoms with Crippen molar-refractivity contribution in [1.29, 1.82) is 0 Å². The molecule has 60 valence electrons. The van der Waals surface area contributed by atoms with Crippen molar-refractivity contribution in [2.24, 2.45) is 0 Å². The van der Waals surface area contributed by atoms with Crippen molar-refractivity contribution in [2.75, 3.05) is 0 Å². The van der Waals surface area contributed by atoms with E-state index >= 15 is 0 Å². The van der Waals surface area contributed by atoms with Gasteiger partial charge in [0, 0.05) is 11.9 Å². The maximum atomic E-state index is 9.10. The summed E-state index contributed by atoms with van der Waals surface area (Å²) in [6.45, 7) is 3.74. The fraction of sp³-hybridized carbons (Fsp3) is 0.444. The monoisotopic (exact) mass is 151 g/mol. The maximum Gasteiger partial charge on any atom is 0.0553 e. The molecule has 2 nitrogen and oxygen atoms in total. The normalized spacial score (nSPS) is 13.0. The first-order valence-corrected chi connectivity index (χ1v) is 3.78. The van der Waals surface area contributed by atoms with Gasteiger partial charge in [0.2, 0.25) is 0 Å². The first-order chi connectivity index (χ1) is 5.20. The molecule has 0 aliphatic rings. The van der Waals surface area contributed by atoms with E-state index in [0.717, 1.165) is 11.3 Å². The van der Waals surface area contributed by atoms with Gasteiger partial charge in [-0.2, -0.15) is 0 Å². The van der Waals surface area contributed by atoms with Gasteiger partial charge in [-0.05, 0) is 31.9 Å². The highest BCUT2D eigenvalue weighted by Crippen LogP contribution is 2.06. The zero-order valence-corrected chi connectivity index (χ0v) is 6.91. The Morgan fingerprint density at radius 1 is 1.64 bits per heavy atom. The van der Waals surface area contributed by atoms with Crippen LogP contribution in [-0.4, -0.2) is 16.2 Å². The van der Waals surface area contributed by atoms with Crippen LogP contribution in [0.4, 0.5) is 0 Å². The van der Waals surface area contributed by atoms with Crippen LogP contribution in [0.15, 0.2) is 18.3 Å². The lowest BCUT2D eigenvalue weighted by Gasteiger charge is -2.05. The van der Waals surface area contributed by atoms with Crippen LogP contribution < -0.4 is 0 Å². The fourth-order valence-corrected chi connectivity index (χ4v) is 1.05. The molecule has 0 radical (unpaired) electrons. The zero-order chi connectivity index (χ0) is 8.27. The second-order valence-electron chi connectivity index (χ2n) is 2.80. The molecular weight excluding hydrogens is 138 g/mol. The van der Waals surface area contributed by atoms with E-state index in [-0.39, 0.29) is 6.10 Å². The van der Waals surface area contributed by atoms with Crippen LogP contribution in [0.5, 0.6) is 0 Å². The van der Waals surface area contributed by atoms with Gasteiger partial charge in [-0.1, -0.05) is 6.07 Å². The van der Waals surface area contributed by atoms with Gasteiger partial charge >= 0.3 is 0 Å². The summed E-state index contributed by atoms with van der Waals surface area (Å²) in [5, 5.41) is 9.10. The van der Waals surface area contributed by atoms with Crippen molar-refractivity contribution in [1.82, 2.24) is 4.98 Å². The molecule has 1 N–H and O–H groups in total. The maximum absolute atomic E-state index is 9.10. The molecule has 0 fully saturated rings. The minimum Gasteiger partial charge on any atom is -0.393 e. The van der Waals surface area contributed by atoms with Crippen LogP contribution >= 0.6 is 0 Å². The van der Waals surface area contributed by atoms with Crippen molar-refractivity contribution < 1.29 is 5.11 Å². The third kappa shape index (κ3) is 2.31. The largest absolute Gasteiger partial charge is 0.393 e. The summed E-state index contributed by atoms with van der Waals surface area (Å²) < 4.78 is 0. The standard InChI is InChI=1S/C9H13NO/c1-7(11)6-9-4-3-5-10-8(9)2/h3-5,7,11H,6H2,1-2H3/t7-/m0/s1. The summed E-state index contributed by atoms with van der Waals surface area (Å²) in [5.41, 5.74) is 2.14. The molecule has 0 aromatic carbocycles. The summed E-state index contributed by atoms with van der Waals surface area (Å²) in [7, 11) is 0. The third-order valence-corrected chi connectivity index (χ3v) is 1.63. The molecule has 1 aromatic rings. The lowest BCUT2D eigenvalue weighted by molar-refractivity contribution is 0.195. The molecule has 0 unspecified atom stereocenters. The molecule has 0 aliphatic heterocycles. The van der Waals surface area contributed by atoms with Crippen LogP contribution in [0.3, 0.4) is 0 Å². The van der Waals surface area contributed by atoms with Crippen LogP contribution in [0.1, 0.15) is 18.2 Å². The molecular formula is C9H13NO. The zero-order valence-electron chi connectivity index (χ0n) is 6.91. The molecule has 0 spiro atoms. The topological polar surface area (TPSA) is 33.1 Å². The second-order valence-corrected chi connectivity index (χ2v) is 2.80. The number of aliphatic hydroxyl groups is 1. The molecule has 0 amide bonds. The van der Waals surface area contributed by atoms with Crippen molar-refractivity contribution in [3.05, 3.63) is 29.6 Å². The number of hydrogen-bond donors (Lipinski definition) is 1. The summed E-state index contributed by atoms with van der Waals surface area (Å²) in [6, 6.07) is 3.89. The van der Waals surface area contributed by atoms with Gasteiger partial charge in [0.25, 0.3) is 0 Å². The molecule has 0 aliphatic carbocycles. The predicted molar refractivity (Wildman–Crippen MR) is 44.4 cm³/mol. The lowest BCUT2D eigenvalue weighted by Crippen LogP contribution is -2.05. The van der Waals surface area contributed by atoms with E-state index in [2.05, 4.69) is 4.98 Å². The van der Waals surface area contributed by atoms with E-state index in [9.17, 15) is 0 Å². The van der Waals surface area contributed by atoms with E-state index in [1.165, 1.54) is 0 Å². The van der Waals surface area contributed by atoms with Crippen LogP contribution in [0.25, 0.3) is 0 Å². The molecule has 1 aromatic heterocycles. The van der Waals surface area contributed by atoms with Gasteiger partial charge in [-0.25, -0.2) is 0 Å². The van der Waals surface area contributed by atoms with E-state index in [1.807, 2.05) is 19.1 Å². The molecule has 2 heteroatoms. The molecule has 1 heterocycles. The van der Waals surface area contributed by atoms with Crippen LogP contribution in [-0.2, 0) is 6.42 Å². The van der Waals surface area contributed by atoms with E-state index in [4.69, 9.17) is 5.11 Å². The first kappa shape index (κ1) is 8.21. The summed E-state index contributed by atoms with van der Waals surface area (Å²) >= 11 is 0. The number of hydrogen-bond acceptors (Lipinski definition) is 2. The minimum atomic E-state index is -0.280. The van der Waals surface area contributed by atoms with Gasteiger partial charge in [-0.3, -0.25) is 4.98 Å². The van der Waals surface area contributed by atoms with Gasteiger partial charge < -0.3 is 5.11 Å². The average molecular weight is 151 g/mol. The van der Waals surface area contributed by atoms with Crippen LogP contribution in [0, 0.1) is 6.92 Å². The predicted octanol–water partition coefficient (Wildman–Crippen LogP) is 1.31. The smallest absolute Gasteiger partial charge is 0.0553 e. The minimum absolute atomic E-state index is 0.280. The van der Waals surface area contributed by atoms with Gasteiger partial charge in [0.1, 0.15) is 0 Å². The van der Waals surface area contributed by atoms with E-state index in [0.29, 0.717) is 6.42 Å². The Morgan fingerprint density at radius 2 is 2.36 bits per heavy atom. The summed E-state index contributed by atoms with van der Waals surface area (Å²) in [4.78, 5) is 4.12. The highest BCUT2D eigenvalue weighted by Gasteiger charge is 2.01. The van der Waals surface area contributed by atoms with Crippen molar-refractivity contribution in [2.45, 2.75) is 26.4 Å². The number of aromatic nitrogens is 1. The van der Waals surface area contributed by atoms with Gasteiger partial charge in [0.15, 0.2) is 0 Å². The highest BCUT2D eigenvalue weighted by molar-refractivity contribution is 5.18. The van der Waals surface area contributed by atoms with Crippen LogP contribution in [0.2, 0.25) is 0 Å². The van der Waals surface area contributed by atoms with E-state index < -0.39 is 0 Å². The molecule has 1 atom stereocenters. The van der Waals surface area contributed by atoms with E-state index in [1.54, 1.807) is 13.1 Å². The summed E-state index contributed by atoms with van der Waals surface area (Å²) in [6.07, 6.45) is 2.18. The number of rotatable bonds is 2. The molecule has 0 bridgehead atoms. The Bertz CT molecular complexity index is 233. The highest BCUT2D eigenvalue weighted by atomic mass is 16.3. The molecule has 1 rings (SSSR count). The van der Waals surface area contributed by atoms with Crippen molar-refractivity contribution in [3.63, 3.8) is 0 Å². The number of aryl methyl sites for hydroxylation is 1. The first-order valence-electron chi connectivity index (χ1n) is 3.78. The molecule has 11 heavy (non-hydrogen) atoms. The molecule has 0 saturated heterocycles. The third-order valence-electron chi connectivity index (χ3n) is 1.63. The number of aliphatic hydroxyl groups excluding tert-OH is 1. The summed E-state index contributed by atoms with van der Waals surface area (Å²) in [5.74, 6) is 0. The quantitative estimate of drug-likeness (QED) is 0.691. The Morgan fingerprint density at radius 3 is 2.91 bits per heavy atom. The van der Waals surface area contributed by atoms with Crippen molar-refractivity contribution >= 4 is 0 Å². The SMILES string of the molecule is Cc1ncccc1C[C@H](C)O. The fourth-order valence-electron chi connectivity index (χ4n) is 1.05. The van der Waals surface area contributed by atoms with Gasteiger partial charge in [-0.15, -0.1) is 0 Å². The van der Waals surface area contributed by atoms with Gasteiger partial charge in [0.05, 0.1) is 6.10 Å². The number of nitrogens with zero attached hydrogens (tertiary/aromatic N) is 1. The number of pyridine rings is 1. The Hall–Kier alpha value is -0.890. The Kier molecular flexibility index (Phi) is 2.60.